The van der Waals surface area contributed by atoms with E-state index in [2.05, 4.69) is 11.8 Å². The highest BCUT2D eigenvalue weighted by Crippen LogP contribution is 2.15. The van der Waals surface area contributed by atoms with Crippen molar-refractivity contribution in [3.63, 3.8) is 0 Å². The molecule has 0 amide bonds. The fourth-order valence-electron chi connectivity index (χ4n) is 1.01. The van der Waals surface area contributed by atoms with Crippen molar-refractivity contribution in [2.45, 2.75) is 20.3 Å². The fourth-order valence-corrected chi connectivity index (χ4v) is 1.79. The van der Waals surface area contributed by atoms with Crippen LogP contribution >= 0.6 is 11.3 Å². The van der Waals surface area contributed by atoms with E-state index in [0.29, 0.717) is 11.5 Å². The van der Waals surface area contributed by atoms with Gasteiger partial charge in [-0.15, -0.1) is 11.3 Å². The number of carbonyl (C=O) groups is 2. The molecule has 3 nitrogen and oxygen atoms in total. The molecule has 0 radical (unpaired) electrons. The summed E-state index contributed by atoms with van der Waals surface area (Å²) in [7, 11) is 0. The molecule has 0 aliphatic rings. The van der Waals surface area contributed by atoms with Gasteiger partial charge in [0.25, 0.3) is 0 Å². The molecule has 0 atom stereocenters. The molecule has 1 heterocycles. The van der Waals surface area contributed by atoms with Gasteiger partial charge in [0.15, 0.2) is 5.78 Å². The number of rotatable bonds is 3. The van der Waals surface area contributed by atoms with Crippen molar-refractivity contribution in [1.82, 2.24) is 0 Å². The Labute approximate surface area is 98.4 Å². The fraction of sp³-hybridized carbons (Fsp3) is 0.333. The highest BCUT2D eigenvalue weighted by Gasteiger charge is 2.02. The largest absolute Gasteiger partial charge is 0.465 e. The third-order valence-corrected chi connectivity index (χ3v) is 2.80. The first-order valence-corrected chi connectivity index (χ1v) is 5.70. The highest BCUT2D eigenvalue weighted by atomic mass is 32.1. The third-order valence-electron chi connectivity index (χ3n) is 1.70. The first-order valence-electron chi connectivity index (χ1n) is 4.88. The zero-order chi connectivity index (χ0) is 12.0. The Morgan fingerprint density at radius 1 is 1.44 bits per heavy atom. The van der Waals surface area contributed by atoms with Crippen molar-refractivity contribution >= 4 is 23.1 Å². The molecule has 0 bridgehead atoms. The maximum absolute atomic E-state index is 11.0. The van der Waals surface area contributed by atoms with E-state index in [0.717, 1.165) is 4.88 Å². The van der Waals surface area contributed by atoms with Crippen LogP contribution in [0.25, 0.3) is 0 Å². The molecule has 0 aliphatic carbocycles. The summed E-state index contributed by atoms with van der Waals surface area (Å²) in [6.07, 6.45) is 0.0845. The standard InChI is InChI=1S/C12H12O3S/c1-3-15-12(14)6-4-5-10-7-8-11(16-10)9(2)13/h7-8H,3,6H2,1-2H3. The van der Waals surface area contributed by atoms with Crippen LogP contribution in [0.4, 0.5) is 0 Å². The van der Waals surface area contributed by atoms with Gasteiger partial charge in [-0.3, -0.25) is 9.59 Å². The van der Waals surface area contributed by atoms with E-state index >= 15 is 0 Å². The van der Waals surface area contributed by atoms with Gasteiger partial charge in [0.1, 0.15) is 6.42 Å². The second-order valence-electron chi connectivity index (χ2n) is 3.00. The average molecular weight is 236 g/mol. The van der Waals surface area contributed by atoms with Gasteiger partial charge in [-0.05, 0) is 26.0 Å². The maximum Gasteiger partial charge on any atom is 0.317 e. The van der Waals surface area contributed by atoms with Crippen molar-refractivity contribution in [2.24, 2.45) is 0 Å². The molecule has 0 aliphatic heterocycles. The molecule has 16 heavy (non-hydrogen) atoms. The van der Waals surface area contributed by atoms with Crippen molar-refractivity contribution in [2.75, 3.05) is 6.61 Å². The summed E-state index contributed by atoms with van der Waals surface area (Å²) in [5.41, 5.74) is 0. The van der Waals surface area contributed by atoms with Crippen LogP contribution in [0.15, 0.2) is 12.1 Å². The van der Waals surface area contributed by atoms with Crippen LogP contribution in [-0.2, 0) is 9.53 Å². The molecule has 0 N–H and O–H groups in total. The number of esters is 1. The monoisotopic (exact) mass is 236 g/mol. The lowest BCUT2D eigenvalue weighted by Crippen LogP contribution is -2.01. The van der Waals surface area contributed by atoms with Gasteiger partial charge in [-0.2, -0.15) is 0 Å². The third kappa shape index (κ3) is 3.87. The van der Waals surface area contributed by atoms with Crippen LogP contribution in [0.1, 0.15) is 34.8 Å². The van der Waals surface area contributed by atoms with Crippen LogP contribution in [-0.4, -0.2) is 18.4 Å². The van der Waals surface area contributed by atoms with Crippen LogP contribution in [0.3, 0.4) is 0 Å². The molecule has 1 aromatic heterocycles. The number of carbonyl (C=O) groups excluding carboxylic acids is 2. The zero-order valence-corrected chi connectivity index (χ0v) is 10.0. The van der Waals surface area contributed by atoms with E-state index in [1.54, 1.807) is 19.1 Å². The van der Waals surface area contributed by atoms with Gasteiger partial charge in [0, 0.05) is 0 Å². The Hall–Kier alpha value is -1.60. The van der Waals surface area contributed by atoms with Crippen molar-refractivity contribution in [1.29, 1.82) is 0 Å². The van der Waals surface area contributed by atoms with Gasteiger partial charge in [-0.1, -0.05) is 11.8 Å². The summed E-state index contributed by atoms with van der Waals surface area (Å²) in [5.74, 6) is 5.25. The summed E-state index contributed by atoms with van der Waals surface area (Å²) in [4.78, 5) is 23.5. The zero-order valence-electron chi connectivity index (χ0n) is 9.20. The minimum absolute atomic E-state index is 0.0310. The molecule has 1 rings (SSSR count). The second-order valence-corrected chi connectivity index (χ2v) is 4.09. The Bertz CT molecular complexity index is 448. The molecule has 4 heteroatoms. The lowest BCUT2D eigenvalue weighted by atomic mass is 10.3. The van der Waals surface area contributed by atoms with Crippen LogP contribution < -0.4 is 0 Å². The van der Waals surface area contributed by atoms with Crippen LogP contribution in [0.2, 0.25) is 0 Å². The quantitative estimate of drug-likeness (QED) is 0.459. The number of ketones is 1. The molecule has 0 spiro atoms. The summed E-state index contributed by atoms with van der Waals surface area (Å²) in [6.45, 7) is 3.64. The molecule has 84 valence electrons. The van der Waals surface area contributed by atoms with Crippen LogP contribution in [0.5, 0.6) is 0 Å². The number of ether oxygens (including phenoxy) is 1. The van der Waals surface area contributed by atoms with E-state index in [4.69, 9.17) is 4.74 Å². The lowest BCUT2D eigenvalue weighted by Gasteiger charge is -1.94. The summed E-state index contributed by atoms with van der Waals surface area (Å²) < 4.78 is 4.73. The topological polar surface area (TPSA) is 43.4 Å². The SMILES string of the molecule is CCOC(=O)CC#Cc1ccc(C(C)=O)s1. The molecule has 0 saturated heterocycles. The van der Waals surface area contributed by atoms with Gasteiger partial charge < -0.3 is 4.74 Å². The number of Topliss-reactive ketones (excluding diaryl/α,β-unsaturated/α-hetero) is 1. The number of hydrogen-bond donors (Lipinski definition) is 0. The Balaban J connectivity index is 2.56. The smallest absolute Gasteiger partial charge is 0.317 e. The van der Waals surface area contributed by atoms with Crippen molar-refractivity contribution in [3.05, 3.63) is 21.9 Å². The summed E-state index contributed by atoms with van der Waals surface area (Å²) in [6, 6.07) is 3.51. The maximum atomic E-state index is 11.0. The molecule has 1 aromatic rings. The van der Waals surface area contributed by atoms with E-state index in [-0.39, 0.29) is 18.2 Å². The predicted octanol–water partition coefficient (Wildman–Crippen LogP) is 2.26. The van der Waals surface area contributed by atoms with Gasteiger partial charge in [-0.25, -0.2) is 0 Å². The van der Waals surface area contributed by atoms with Crippen molar-refractivity contribution < 1.29 is 14.3 Å². The highest BCUT2D eigenvalue weighted by molar-refractivity contribution is 7.14. The Morgan fingerprint density at radius 2 is 2.19 bits per heavy atom. The van der Waals surface area contributed by atoms with E-state index in [1.807, 2.05) is 0 Å². The molecular formula is C12H12O3S. The minimum Gasteiger partial charge on any atom is -0.465 e. The second kappa shape index (κ2) is 6.09. The van der Waals surface area contributed by atoms with Crippen molar-refractivity contribution in [3.8, 4) is 11.8 Å². The molecular weight excluding hydrogens is 224 g/mol. The molecule has 0 fully saturated rings. The van der Waals surface area contributed by atoms with E-state index in [9.17, 15) is 9.59 Å². The van der Waals surface area contributed by atoms with E-state index in [1.165, 1.54) is 18.3 Å². The first kappa shape index (κ1) is 12.5. The number of hydrogen-bond acceptors (Lipinski definition) is 4. The number of thiophene rings is 1. The molecule has 0 aromatic carbocycles. The average Bonchev–Trinajstić information content (AvgIpc) is 2.67. The Morgan fingerprint density at radius 3 is 2.75 bits per heavy atom. The minimum atomic E-state index is -0.321. The first-order chi connectivity index (χ1) is 7.63. The summed E-state index contributed by atoms with van der Waals surface area (Å²) >= 11 is 1.33. The molecule has 0 saturated carbocycles. The van der Waals surface area contributed by atoms with Crippen LogP contribution in [0, 0.1) is 11.8 Å². The normalized spacial score (nSPS) is 9.12. The Kier molecular flexibility index (Phi) is 4.74. The summed E-state index contributed by atoms with van der Waals surface area (Å²) in [5, 5.41) is 0. The predicted molar refractivity (Wildman–Crippen MR) is 62.5 cm³/mol. The lowest BCUT2D eigenvalue weighted by molar-refractivity contribution is -0.141. The van der Waals surface area contributed by atoms with Gasteiger partial charge >= 0.3 is 5.97 Å². The van der Waals surface area contributed by atoms with E-state index < -0.39 is 0 Å². The van der Waals surface area contributed by atoms with Gasteiger partial charge in [0.05, 0.1) is 16.4 Å². The molecule has 0 unspecified atom stereocenters. The van der Waals surface area contributed by atoms with Gasteiger partial charge in [0.2, 0.25) is 0 Å².